The molecule has 2 aromatic rings. The predicted octanol–water partition coefficient (Wildman–Crippen LogP) is 4.76. The lowest BCUT2D eigenvalue weighted by Crippen LogP contribution is -2.14. The zero-order valence-electron chi connectivity index (χ0n) is 11.3. The van der Waals surface area contributed by atoms with Crippen LogP contribution in [0.4, 0.5) is 4.39 Å². The van der Waals surface area contributed by atoms with E-state index in [2.05, 4.69) is 0 Å². The number of benzene rings is 2. The minimum atomic E-state index is -0.368. The van der Waals surface area contributed by atoms with Gasteiger partial charge in [-0.25, -0.2) is 4.39 Å². The van der Waals surface area contributed by atoms with Gasteiger partial charge < -0.3 is 0 Å². The number of fused-ring (bicyclic) bond motifs is 1. The van der Waals surface area contributed by atoms with E-state index in [1.807, 2.05) is 25.1 Å². The highest BCUT2D eigenvalue weighted by atomic mass is 19.1. The largest absolute Gasteiger partial charge is 0.289 e. The molecule has 0 radical (unpaired) electrons. The van der Waals surface area contributed by atoms with Crippen molar-refractivity contribution in [2.24, 2.45) is 0 Å². The minimum Gasteiger partial charge on any atom is -0.289 e. The van der Waals surface area contributed by atoms with E-state index in [-0.39, 0.29) is 17.5 Å². The van der Waals surface area contributed by atoms with Crippen LogP contribution in [0.1, 0.15) is 40.7 Å². The maximum Gasteiger partial charge on any atom is 0.191 e. The summed E-state index contributed by atoms with van der Waals surface area (Å²) in [5, 5.41) is 0. The smallest absolute Gasteiger partial charge is 0.191 e. The predicted molar refractivity (Wildman–Crippen MR) is 78.3 cm³/mol. The molecule has 20 heavy (non-hydrogen) atoms. The van der Waals surface area contributed by atoms with Gasteiger partial charge in [-0.3, -0.25) is 4.79 Å². The fraction of sp³-hybridized carbons (Fsp3) is 0.167. The summed E-state index contributed by atoms with van der Waals surface area (Å²) in [4.78, 5) is 12.5. The van der Waals surface area contributed by atoms with Gasteiger partial charge >= 0.3 is 0 Å². The zero-order chi connectivity index (χ0) is 14.1. The first kappa shape index (κ1) is 12.8. The van der Waals surface area contributed by atoms with Gasteiger partial charge in [-0.2, -0.15) is 0 Å². The second kappa shape index (κ2) is 5.04. The van der Waals surface area contributed by atoms with Crippen molar-refractivity contribution in [3.8, 4) is 0 Å². The van der Waals surface area contributed by atoms with Crippen LogP contribution in [0, 0.1) is 0 Å². The molecule has 0 fully saturated rings. The van der Waals surface area contributed by atoms with Crippen LogP contribution in [-0.2, 0) is 0 Å². The number of halogens is 1. The van der Waals surface area contributed by atoms with Crippen LogP contribution < -0.4 is 0 Å². The molecule has 0 bridgehead atoms. The summed E-state index contributed by atoms with van der Waals surface area (Å²) in [6.45, 7) is 2.03. The van der Waals surface area contributed by atoms with Crippen LogP contribution in [0.2, 0.25) is 0 Å². The molecule has 0 aliphatic heterocycles. The maximum atomic E-state index is 14.6. The van der Waals surface area contributed by atoms with E-state index in [0.717, 1.165) is 5.56 Å². The van der Waals surface area contributed by atoms with Crippen LogP contribution in [0.15, 0.2) is 60.2 Å². The van der Waals surface area contributed by atoms with Crippen molar-refractivity contribution in [1.29, 1.82) is 0 Å². The standard InChI is InChI=1S/C18H15FO/c1-12-11-16(18(20)13-7-3-2-4-8-13)17(19)15-10-6-5-9-14(12)15/h2-10,12H,11H2,1H3. The van der Waals surface area contributed by atoms with Crippen molar-refractivity contribution in [3.63, 3.8) is 0 Å². The summed E-state index contributed by atoms with van der Waals surface area (Å²) >= 11 is 0. The topological polar surface area (TPSA) is 17.1 Å². The Bertz CT molecular complexity index is 686. The van der Waals surface area contributed by atoms with Gasteiger partial charge in [0.25, 0.3) is 0 Å². The number of hydrogen-bond acceptors (Lipinski definition) is 1. The van der Waals surface area contributed by atoms with Crippen LogP contribution in [0.25, 0.3) is 5.83 Å². The Balaban J connectivity index is 2.09. The molecule has 0 spiro atoms. The Hall–Kier alpha value is -2.22. The highest BCUT2D eigenvalue weighted by molar-refractivity contribution is 6.13. The summed E-state index contributed by atoms with van der Waals surface area (Å²) in [7, 11) is 0. The molecule has 1 atom stereocenters. The van der Waals surface area contributed by atoms with Crippen LogP contribution in [0.5, 0.6) is 0 Å². The molecule has 1 nitrogen and oxygen atoms in total. The maximum absolute atomic E-state index is 14.6. The minimum absolute atomic E-state index is 0.161. The lowest BCUT2D eigenvalue weighted by atomic mass is 9.81. The van der Waals surface area contributed by atoms with Crippen molar-refractivity contribution < 1.29 is 9.18 Å². The number of carbonyl (C=O) groups is 1. The average Bonchev–Trinajstić information content (AvgIpc) is 2.51. The highest BCUT2D eigenvalue weighted by Gasteiger charge is 2.28. The van der Waals surface area contributed by atoms with Gasteiger partial charge in [0, 0.05) is 16.7 Å². The molecule has 0 saturated heterocycles. The zero-order valence-corrected chi connectivity index (χ0v) is 11.3. The summed E-state index contributed by atoms with van der Waals surface area (Å²) in [6, 6.07) is 16.3. The van der Waals surface area contributed by atoms with Crippen molar-refractivity contribution in [2.45, 2.75) is 19.3 Å². The number of Topliss-reactive ketones (excluding diaryl/α,β-unsaturated/α-hetero) is 1. The van der Waals surface area contributed by atoms with E-state index in [1.54, 1.807) is 36.4 Å². The summed E-state index contributed by atoms with van der Waals surface area (Å²) in [6.07, 6.45) is 0.455. The molecule has 0 N–H and O–H groups in total. The third-order valence-electron chi connectivity index (χ3n) is 3.81. The van der Waals surface area contributed by atoms with Crippen LogP contribution >= 0.6 is 0 Å². The highest BCUT2D eigenvalue weighted by Crippen LogP contribution is 2.40. The van der Waals surface area contributed by atoms with E-state index in [4.69, 9.17) is 0 Å². The molecular weight excluding hydrogens is 251 g/mol. The van der Waals surface area contributed by atoms with Crippen molar-refractivity contribution in [2.75, 3.05) is 0 Å². The second-order valence-corrected chi connectivity index (χ2v) is 5.18. The first-order chi connectivity index (χ1) is 9.68. The third kappa shape index (κ3) is 2.07. The lowest BCUT2D eigenvalue weighted by Gasteiger charge is -2.23. The van der Waals surface area contributed by atoms with Crippen molar-refractivity contribution >= 4 is 11.6 Å². The van der Waals surface area contributed by atoms with Gasteiger partial charge in [0.15, 0.2) is 5.78 Å². The molecule has 0 amide bonds. The van der Waals surface area contributed by atoms with Gasteiger partial charge in [0.1, 0.15) is 5.83 Å². The first-order valence-electron chi connectivity index (χ1n) is 6.76. The average molecular weight is 266 g/mol. The Morgan fingerprint density at radius 1 is 1.05 bits per heavy atom. The number of allylic oxidation sites excluding steroid dienone is 1. The summed E-state index contributed by atoms with van der Waals surface area (Å²) in [5.74, 6) is -0.412. The molecule has 1 unspecified atom stereocenters. The van der Waals surface area contributed by atoms with E-state index in [1.165, 1.54) is 0 Å². The summed E-state index contributed by atoms with van der Waals surface area (Å²) < 4.78 is 14.6. The fourth-order valence-electron chi connectivity index (χ4n) is 2.75. The van der Waals surface area contributed by atoms with Gasteiger partial charge in [-0.1, -0.05) is 61.5 Å². The quantitative estimate of drug-likeness (QED) is 0.716. The first-order valence-corrected chi connectivity index (χ1v) is 6.76. The fourth-order valence-corrected chi connectivity index (χ4v) is 2.75. The van der Waals surface area contributed by atoms with Gasteiger partial charge in [-0.05, 0) is 17.9 Å². The van der Waals surface area contributed by atoms with E-state index < -0.39 is 0 Å². The molecule has 100 valence electrons. The Morgan fingerprint density at radius 3 is 2.45 bits per heavy atom. The van der Waals surface area contributed by atoms with Crippen LogP contribution in [0.3, 0.4) is 0 Å². The number of rotatable bonds is 2. The molecule has 3 rings (SSSR count). The Labute approximate surface area is 117 Å². The van der Waals surface area contributed by atoms with E-state index in [9.17, 15) is 9.18 Å². The molecule has 0 saturated carbocycles. The third-order valence-corrected chi connectivity index (χ3v) is 3.81. The molecule has 1 aliphatic carbocycles. The van der Waals surface area contributed by atoms with Crippen molar-refractivity contribution in [3.05, 3.63) is 76.9 Å². The van der Waals surface area contributed by atoms with Gasteiger partial charge in [0.05, 0.1) is 0 Å². The number of hydrogen-bond donors (Lipinski definition) is 0. The number of ketones is 1. The van der Waals surface area contributed by atoms with Gasteiger partial charge in [0.2, 0.25) is 0 Å². The van der Waals surface area contributed by atoms with Crippen LogP contribution in [-0.4, -0.2) is 5.78 Å². The van der Waals surface area contributed by atoms with E-state index >= 15 is 0 Å². The van der Waals surface area contributed by atoms with Gasteiger partial charge in [-0.15, -0.1) is 0 Å². The molecule has 2 aromatic carbocycles. The lowest BCUT2D eigenvalue weighted by molar-refractivity contribution is 0.102. The molecule has 1 aliphatic rings. The molecule has 0 aromatic heterocycles. The summed E-state index contributed by atoms with van der Waals surface area (Å²) in [5.41, 5.74) is 2.38. The molecule has 0 heterocycles. The Kier molecular flexibility index (Phi) is 3.23. The number of carbonyl (C=O) groups excluding carboxylic acids is 1. The second-order valence-electron chi connectivity index (χ2n) is 5.18. The monoisotopic (exact) mass is 266 g/mol. The van der Waals surface area contributed by atoms with E-state index in [0.29, 0.717) is 23.1 Å². The SMILES string of the molecule is CC1CC(C(=O)c2ccccc2)=C(F)c2ccccc21. The Morgan fingerprint density at radius 2 is 1.70 bits per heavy atom. The normalized spacial score (nSPS) is 17.8. The molecule has 2 heteroatoms. The van der Waals surface area contributed by atoms with Crippen molar-refractivity contribution in [1.82, 2.24) is 0 Å². The molecular formula is C18H15FO.